The Morgan fingerprint density at radius 2 is 1.82 bits per heavy atom. The van der Waals surface area contributed by atoms with E-state index in [1.807, 2.05) is 0 Å². The smallest absolute Gasteiger partial charge is 0.0156 e. The second-order valence-corrected chi connectivity index (χ2v) is 5.19. The van der Waals surface area contributed by atoms with Crippen molar-refractivity contribution in [3.05, 3.63) is 47.5 Å². The summed E-state index contributed by atoms with van der Waals surface area (Å²) in [4.78, 5) is 0. The van der Waals surface area contributed by atoms with E-state index in [1.165, 1.54) is 44.9 Å². The van der Waals surface area contributed by atoms with Crippen molar-refractivity contribution >= 4 is 0 Å². The van der Waals surface area contributed by atoms with Crippen molar-refractivity contribution in [2.45, 2.75) is 57.8 Å². The molecule has 1 fully saturated rings. The monoisotopic (exact) mass is 228 g/mol. The highest BCUT2D eigenvalue weighted by molar-refractivity contribution is 5.22. The van der Waals surface area contributed by atoms with Crippen LogP contribution in [0.4, 0.5) is 0 Å². The topological polar surface area (TPSA) is 0 Å². The fourth-order valence-corrected chi connectivity index (χ4v) is 2.76. The quantitative estimate of drug-likeness (QED) is 0.474. The summed E-state index contributed by atoms with van der Waals surface area (Å²) in [6.45, 7) is 2.27. The number of hydrogen-bond donors (Lipinski definition) is 0. The fourth-order valence-electron chi connectivity index (χ4n) is 2.76. The van der Waals surface area contributed by atoms with Crippen LogP contribution < -0.4 is 0 Å². The summed E-state index contributed by atoms with van der Waals surface area (Å²) >= 11 is 0. The Bertz CT molecular complexity index is 338. The zero-order valence-electron chi connectivity index (χ0n) is 11.0. The van der Waals surface area contributed by atoms with Gasteiger partial charge >= 0.3 is 0 Å². The van der Waals surface area contributed by atoms with Crippen molar-refractivity contribution in [3.8, 4) is 0 Å². The van der Waals surface area contributed by atoms with Gasteiger partial charge in [-0.2, -0.15) is 0 Å². The van der Waals surface area contributed by atoms with Gasteiger partial charge in [-0.15, -0.1) is 0 Å². The Morgan fingerprint density at radius 3 is 2.47 bits per heavy atom. The molecule has 1 saturated carbocycles. The van der Waals surface area contributed by atoms with E-state index in [9.17, 15) is 0 Å². The highest BCUT2D eigenvalue weighted by atomic mass is 14.2. The lowest BCUT2D eigenvalue weighted by Gasteiger charge is -2.24. The Hall–Kier alpha value is -1.04. The van der Waals surface area contributed by atoms with E-state index < -0.39 is 0 Å². The predicted molar refractivity (Wildman–Crippen MR) is 75.3 cm³/mol. The van der Waals surface area contributed by atoms with E-state index in [-0.39, 0.29) is 0 Å². The molecule has 1 aliphatic carbocycles. The Labute approximate surface area is 106 Å². The molecule has 1 aromatic rings. The number of allylic oxidation sites excluding steroid dienone is 2. The maximum absolute atomic E-state index is 2.50. The van der Waals surface area contributed by atoms with Gasteiger partial charge in [-0.05, 0) is 43.6 Å². The molecule has 0 spiro atoms. The van der Waals surface area contributed by atoms with Crippen molar-refractivity contribution in [1.82, 2.24) is 0 Å². The predicted octanol–water partition coefficient (Wildman–Crippen LogP) is 5.46. The third-order valence-corrected chi connectivity index (χ3v) is 3.89. The van der Waals surface area contributed by atoms with E-state index in [4.69, 9.17) is 0 Å². The minimum Gasteiger partial charge on any atom is -0.0853 e. The standard InChI is InChI=1S/C17H24/c1-2-3-5-8-15-11-13-17(14-12-15)16-9-6-4-7-10-16/h4,6-10,17H,2-3,5,11-14H2,1H3. The number of unbranched alkanes of at least 4 members (excludes halogenated alkanes) is 2. The van der Waals surface area contributed by atoms with E-state index in [2.05, 4.69) is 43.3 Å². The van der Waals surface area contributed by atoms with Gasteiger partial charge in [0.15, 0.2) is 0 Å². The van der Waals surface area contributed by atoms with Gasteiger partial charge in [0, 0.05) is 0 Å². The second kappa shape index (κ2) is 6.64. The van der Waals surface area contributed by atoms with Gasteiger partial charge in [0.2, 0.25) is 0 Å². The highest BCUT2D eigenvalue weighted by Crippen LogP contribution is 2.35. The molecular weight excluding hydrogens is 204 g/mol. The van der Waals surface area contributed by atoms with Crippen molar-refractivity contribution in [3.63, 3.8) is 0 Å². The van der Waals surface area contributed by atoms with Crippen LogP contribution in [0.15, 0.2) is 42.0 Å². The average Bonchev–Trinajstić information content (AvgIpc) is 2.41. The van der Waals surface area contributed by atoms with Gasteiger partial charge in [0.1, 0.15) is 0 Å². The molecule has 0 unspecified atom stereocenters. The summed E-state index contributed by atoms with van der Waals surface area (Å²) in [5, 5.41) is 0. The largest absolute Gasteiger partial charge is 0.0853 e. The zero-order chi connectivity index (χ0) is 11.9. The van der Waals surface area contributed by atoms with Crippen LogP contribution in [-0.2, 0) is 0 Å². The molecule has 0 radical (unpaired) electrons. The third kappa shape index (κ3) is 3.73. The summed E-state index contributed by atoms with van der Waals surface area (Å²) in [5.41, 5.74) is 3.26. The molecule has 1 aliphatic rings. The first-order chi connectivity index (χ1) is 8.40. The van der Waals surface area contributed by atoms with Crippen LogP contribution in [0.2, 0.25) is 0 Å². The van der Waals surface area contributed by atoms with Crippen LogP contribution in [-0.4, -0.2) is 0 Å². The van der Waals surface area contributed by atoms with E-state index in [0.29, 0.717) is 0 Å². The number of benzene rings is 1. The summed E-state index contributed by atoms with van der Waals surface area (Å²) in [6, 6.07) is 11.0. The molecule has 0 aliphatic heterocycles. The summed E-state index contributed by atoms with van der Waals surface area (Å²) in [6.07, 6.45) is 11.8. The molecule has 17 heavy (non-hydrogen) atoms. The lowest BCUT2D eigenvalue weighted by atomic mass is 9.81. The molecule has 0 amide bonds. The third-order valence-electron chi connectivity index (χ3n) is 3.89. The molecule has 0 bridgehead atoms. The van der Waals surface area contributed by atoms with Crippen molar-refractivity contribution in [2.24, 2.45) is 0 Å². The van der Waals surface area contributed by atoms with Crippen LogP contribution in [0, 0.1) is 0 Å². The van der Waals surface area contributed by atoms with Crippen LogP contribution in [0.5, 0.6) is 0 Å². The summed E-state index contributed by atoms with van der Waals surface area (Å²) < 4.78 is 0. The molecule has 0 N–H and O–H groups in total. The van der Waals surface area contributed by atoms with Crippen molar-refractivity contribution in [1.29, 1.82) is 0 Å². The van der Waals surface area contributed by atoms with E-state index >= 15 is 0 Å². The summed E-state index contributed by atoms with van der Waals surface area (Å²) in [7, 11) is 0. The SMILES string of the molecule is CCCCC=C1CCC(c2ccccc2)CC1. The van der Waals surface area contributed by atoms with Gasteiger partial charge in [-0.1, -0.05) is 61.7 Å². The molecule has 0 saturated heterocycles. The molecule has 0 aromatic heterocycles. The maximum atomic E-state index is 2.50. The molecule has 2 rings (SSSR count). The minimum atomic E-state index is 0.805. The fraction of sp³-hybridized carbons (Fsp3) is 0.529. The maximum Gasteiger partial charge on any atom is -0.0156 e. The molecule has 92 valence electrons. The van der Waals surface area contributed by atoms with Crippen molar-refractivity contribution < 1.29 is 0 Å². The van der Waals surface area contributed by atoms with E-state index in [1.54, 1.807) is 11.1 Å². The number of hydrogen-bond acceptors (Lipinski definition) is 0. The van der Waals surface area contributed by atoms with Crippen LogP contribution in [0.25, 0.3) is 0 Å². The zero-order valence-corrected chi connectivity index (χ0v) is 11.0. The van der Waals surface area contributed by atoms with Crippen molar-refractivity contribution in [2.75, 3.05) is 0 Å². The Balaban J connectivity index is 1.84. The second-order valence-electron chi connectivity index (χ2n) is 5.19. The van der Waals surface area contributed by atoms with Gasteiger partial charge in [-0.3, -0.25) is 0 Å². The Kier molecular flexibility index (Phi) is 4.85. The lowest BCUT2D eigenvalue weighted by Crippen LogP contribution is -2.06. The van der Waals surface area contributed by atoms with Gasteiger partial charge in [0.25, 0.3) is 0 Å². The molecule has 0 nitrogen and oxygen atoms in total. The molecule has 0 heteroatoms. The normalized spacial score (nSPS) is 20.3. The number of rotatable bonds is 4. The molecule has 0 atom stereocenters. The van der Waals surface area contributed by atoms with Gasteiger partial charge in [-0.25, -0.2) is 0 Å². The molecule has 0 heterocycles. The molecular formula is C17H24. The Morgan fingerprint density at radius 1 is 1.12 bits per heavy atom. The average molecular weight is 228 g/mol. The molecule has 1 aromatic carbocycles. The first-order valence-corrected chi connectivity index (χ1v) is 7.13. The first-order valence-electron chi connectivity index (χ1n) is 7.13. The minimum absolute atomic E-state index is 0.805. The summed E-state index contributed by atoms with van der Waals surface area (Å²) in [5.74, 6) is 0.805. The van der Waals surface area contributed by atoms with Crippen LogP contribution in [0.3, 0.4) is 0 Å². The van der Waals surface area contributed by atoms with Crippen LogP contribution in [0.1, 0.15) is 63.4 Å². The lowest BCUT2D eigenvalue weighted by molar-refractivity contribution is 0.514. The van der Waals surface area contributed by atoms with Gasteiger partial charge in [0.05, 0.1) is 0 Å². The van der Waals surface area contributed by atoms with E-state index in [0.717, 1.165) is 5.92 Å². The highest BCUT2D eigenvalue weighted by Gasteiger charge is 2.17. The first kappa shape index (κ1) is 12.4. The van der Waals surface area contributed by atoms with Gasteiger partial charge < -0.3 is 0 Å². The van der Waals surface area contributed by atoms with Crippen LogP contribution >= 0.6 is 0 Å².